The maximum Gasteiger partial charge on any atom is 0.416 e. The van der Waals surface area contributed by atoms with Crippen molar-refractivity contribution in [2.24, 2.45) is 0 Å². The van der Waals surface area contributed by atoms with Gasteiger partial charge in [0.15, 0.2) is 0 Å². The van der Waals surface area contributed by atoms with Crippen LogP contribution in [0.5, 0.6) is 5.75 Å². The molecule has 7 heteroatoms. The zero-order chi connectivity index (χ0) is 13.8. The van der Waals surface area contributed by atoms with Crippen molar-refractivity contribution >= 4 is 29.4 Å². The highest BCUT2D eigenvalue weighted by Crippen LogP contribution is 2.31. The van der Waals surface area contributed by atoms with Crippen LogP contribution in [-0.2, 0) is 9.53 Å². The number of imide groups is 1. The van der Waals surface area contributed by atoms with E-state index in [4.69, 9.17) is 15.2 Å². The predicted octanol–water partition coefficient (Wildman–Crippen LogP) is 1.35. The Hall–Kier alpha value is -1.89. The summed E-state index contributed by atoms with van der Waals surface area (Å²) in [5, 5.41) is 0. The zero-order valence-corrected chi connectivity index (χ0v) is 11.2. The minimum Gasteiger partial charge on any atom is -0.496 e. The topological polar surface area (TPSA) is 81.9 Å². The molecule has 1 saturated heterocycles. The largest absolute Gasteiger partial charge is 0.496 e. The van der Waals surface area contributed by atoms with E-state index in [1.807, 2.05) is 0 Å². The molecule has 2 rings (SSSR count). The molecule has 2 amide bonds. The molecule has 0 atom stereocenters. The lowest BCUT2D eigenvalue weighted by molar-refractivity contribution is -0.124. The van der Waals surface area contributed by atoms with Gasteiger partial charge in [-0.2, -0.15) is 0 Å². The normalized spacial score (nSPS) is 14.4. The number of thioether (sulfide) groups is 1. The highest BCUT2D eigenvalue weighted by molar-refractivity contribution is 8.00. The molecular formula is C12H14N2O4S. The third kappa shape index (κ3) is 3.11. The van der Waals surface area contributed by atoms with Gasteiger partial charge >= 0.3 is 6.09 Å². The van der Waals surface area contributed by atoms with Gasteiger partial charge in [0.25, 0.3) is 0 Å². The van der Waals surface area contributed by atoms with Gasteiger partial charge in [-0.15, -0.1) is 11.8 Å². The maximum atomic E-state index is 11.8. The van der Waals surface area contributed by atoms with Crippen molar-refractivity contribution in [2.45, 2.75) is 4.90 Å². The molecule has 19 heavy (non-hydrogen) atoms. The van der Waals surface area contributed by atoms with Crippen LogP contribution in [0.2, 0.25) is 0 Å². The molecule has 2 N–H and O–H groups in total. The Balaban J connectivity index is 1.98. The number of ether oxygens (including phenoxy) is 2. The molecule has 1 heterocycles. The number of nitrogens with zero attached hydrogens (tertiary/aromatic N) is 1. The van der Waals surface area contributed by atoms with E-state index >= 15 is 0 Å². The molecule has 0 spiro atoms. The number of nitrogen functional groups attached to an aromatic ring is 1. The van der Waals surface area contributed by atoms with E-state index in [1.54, 1.807) is 25.3 Å². The summed E-state index contributed by atoms with van der Waals surface area (Å²) >= 11 is 1.30. The van der Waals surface area contributed by atoms with Crippen LogP contribution < -0.4 is 10.5 Å². The highest BCUT2D eigenvalue weighted by Gasteiger charge is 2.28. The Morgan fingerprint density at radius 3 is 3.00 bits per heavy atom. The first-order valence-electron chi connectivity index (χ1n) is 5.65. The molecule has 0 aromatic heterocycles. The van der Waals surface area contributed by atoms with E-state index in [1.165, 1.54) is 11.8 Å². The Labute approximate surface area is 114 Å². The van der Waals surface area contributed by atoms with Gasteiger partial charge in [-0.1, -0.05) is 0 Å². The molecule has 1 aliphatic rings. The van der Waals surface area contributed by atoms with Gasteiger partial charge in [-0.25, -0.2) is 9.69 Å². The van der Waals surface area contributed by atoms with Crippen molar-refractivity contribution in [3.63, 3.8) is 0 Å². The highest BCUT2D eigenvalue weighted by atomic mass is 32.2. The van der Waals surface area contributed by atoms with Crippen LogP contribution in [-0.4, -0.2) is 42.9 Å². The van der Waals surface area contributed by atoms with E-state index < -0.39 is 6.09 Å². The van der Waals surface area contributed by atoms with Crippen molar-refractivity contribution < 1.29 is 19.1 Å². The van der Waals surface area contributed by atoms with Crippen molar-refractivity contribution in [1.82, 2.24) is 4.90 Å². The molecule has 0 bridgehead atoms. The van der Waals surface area contributed by atoms with Gasteiger partial charge < -0.3 is 15.2 Å². The van der Waals surface area contributed by atoms with Gasteiger partial charge in [0.2, 0.25) is 5.91 Å². The lowest BCUT2D eigenvalue weighted by Crippen LogP contribution is -2.32. The van der Waals surface area contributed by atoms with Crippen LogP contribution in [0.3, 0.4) is 0 Å². The fourth-order valence-electron chi connectivity index (χ4n) is 1.64. The zero-order valence-electron chi connectivity index (χ0n) is 10.4. The number of nitrogens with two attached hydrogens (primary N) is 1. The summed E-state index contributed by atoms with van der Waals surface area (Å²) in [6, 6.07) is 5.21. The summed E-state index contributed by atoms with van der Waals surface area (Å²) in [4.78, 5) is 25.0. The number of anilines is 1. The van der Waals surface area contributed by atoms with Gasteiger partial charge in [0, 0.05) is 16.6 Å². The lowest BCUT2D eigenvalue weighted by atomic mass is 10.3. The van der Waals surface area contributed by atoms with Crippen LogP contribution in [0.25, 0.3) is 0 Å². The molecule has 0 aliphatic carbocycles. The average molecular weight is 282 g/mol. The van der Waals surface area contributed by atoms with Crippen LogP contribution in [0.4, 0.5) is 10.5 Å². The molecule has 1 fully saturated rings. The molecular weight excluding hydrogens is 268 g/mol. The summed E-state index contributed by atoms with van der Waals surface area (Å²) in [6.07, 6.45) is -0.574. The molecule has 102 valence electrons. The Morgan fingerprint density at radius 2 is 2.37 bits per heavy atom. The molecule has 0 unspecified atom stereocenters. The minimum atomic E-state index is -0.574. The smallest absolute Gasteiger partial charge is 0.416 e. The maximum absolute atomic E-state index is 11.8. The average Bonchev–Trinajstić information content (AvgIpc) is 2.83. The SMILES string of the molecule is COc1cc(N)ccc1SCC(=O)N1CCOC1=O. The van der Waals surface area contributed by atoms with Crippen LogP contribution in [0, 0.1) is 0 Å². The quantitative estimate of drug-likeness (QED) is 0.663. The first-order chi connectivity index (χ1) is 9.11. The fraction of sp³-hybridized carbons (Fsp3) is 0.333. The number of carbonyl (C=O) groups is 2. The summed E-state index contributed by atoms with van der Waals surface area (Å²) in [6.45, 7) is 0.581. The van der Waals surface area contributed by atoms with Gasteiger partial charge in [0.1, 0.15) is 12.4 Å². The summed E-state index contributed by atoms with van der Waals surface area (Å²) in [5.74, 6) is 0.489. The first kappa shape index (κ1) is 13.5. The molecule has 6 nitrogen and oxygen atoms in total. The Morgan fingerprint density at radius 1 is 1.58 bits per heavy atom. The number of methoxy groups -OCH3 is 1. The van der Waals surface area contributed by atoms with Crippen LogP contribution in [0.15, 0.2) is 23.1 Å². The summed E-state index contributed by atoms with van der Waals surface area (Å²) in [7, 11) is 1.54. The van der Waals surface area contributed by atoms with Gasteiger partial charge in [-0.3, -0.25) is 4.79 Å². The number of cyclic esters (lactones) is 1. The van der Waals surface area contributed by atoms with Crippen molar-refractivity contribution in [2.75, 3.05) is 31.7 Å². The number of hydrogen-bond acceptors (Lipinski definition) is 6. The predicted molar refractivity (Wildman–Crippen MR) is 71.2 cm³/mol. The van der Waals surface area contributed by atoms with Gasteiger partial charge in [-0.05, 0) is 12.1 Å². The molecule has 0 saturated carbocycles. The number of amides is 2. The third-order valence-electron chi connectivity index (χ3n) is 2.60. The van der Waals surface area contributed by atoms with Crippen LogP contribution >= 0.6 is 11.8 Å². The second-order valence-electron chi connectivity index (χ2n) is 3.86. The van der Waals surface area contributed by atoms with Crippen LogP contribution in [0.1, 0.15) is 0 Å². The standard InChI is InChI=1S/C12H14N2O4S/c1-17-9-6-8(13)2-3-10(9)19-7-11(15)14-4-5-18-12(14)16/h2-3,6H,4-5,7,13H2,1H3. The van der Waals surface area contributed by atoms with Crippen molar-refractivity contribution in [3.8, 4) is 5.75 Å². The minimum absolute atomic E-state index is 0.148. The Bertz CT molecular complexity index is 507. The second-order valence-corrected chi connectivity index (χ2v) is 4.88. The van der Waals surface area contributed by atoms with Crippen molar-refractivity contribution in [3.05, 3.63) is 18.2 Å². The van der Waals surface area contributed by atoms with E-state index in [9.17, 15) is 9.59 Å². The van der Waals surface area contributed by atoms with E-state index in [0.717, 1.165) is 9.80 Å². The molecule has 1 aliphatic heterocycles. The number of rotatable bonds is 4. The monoisotopic (exact) mass is 282 g/mol. The van der Waals surface area contributed by atoms with Crippen molar-refractivity contribution in [1.29, 1.82) is 0 Å². The fourth-order valence-corrected chi connectivity index (χ4v) is 2.52. The number of hydrogen-bond donors (Lipinski definition) is 1. The molecule has 1 aromatic rings. The van der Waals surface area contributed by atoms with E-state index in [2.05, 4.69) is 0 Å². The van der Waals surface area contributed by atoms with Gasteiger partial charge in [0.05, 0.1) is 19.4 Å². The summed E-state index contributed by atoms with van der Waals surface area (Å²) < 4.78 is 9.90. The number of carbonyl (C=O) groups excluding carboxylic acids is 2. The second kappa shape index (κ2) is 5.83. The first-order valence-corrected chi connectivity index (χ1v) is 6.64. The molecule has 1 aromatic carbocycles. The van der Waals surface area contributed by atoms with E-state index in [0.29, 0.717) is 18.0 Å². The number of benzene rings is 1. The third-order valence-corrected chi connectivity index (χ3v) is 3.64. The molecule has 0 radical (unpaired) electrons. The van der Waals surface area contributed by atoms with E-state index in [-0.39, 0.29) is 18.3 Å². The lowest BCUT2D eigenvalue weighted by Gasteiger charge is -2.12. The Kier molecular flexibility index (Phi) is 4.16. The summed E-state index contributed by atoms with van der Waals surface area (Å²) in [5.41, 5.74) is 6.24.